The van der Waals surface area contributed by atoms with Gasteiger partial charge in [0.25, 0.3) is 15.6 Å². The standard InChI is InChI=1S/C19H19FN2O4S/c20-15-8-9-18-17(14-15)22(12-4-5-13-27(23,24)25)19(26-18)10-11-21-16-6-2-1-3-7-16/h1-3,6-11,14H,4-5,12-13H2,(H,23,24,25)/p+1. The van der Waals surface area contributed by atoms with Crippen LogP contribution in [-0.4, -0.2) is 18.7 Å². The number of aromatic nitrogens is 1. The molecule has 6 nitrogen and oxygen atoms in total. The topological polar surface area (TPSA) is 83.4 Å². The summed E-state index contributed by atoms with van der Waals surface area (Å²) in [7, 11) is -3.99. The van der Waals surface area contributed by atoms with Crippen LogP contribution in [0.4, 0.5) is 10.1 Å². The van der Waals surface area contributed by atoms with Gasteiger partial charge >= 0.3 is 5.89 Å². The molecule has 3 aromatic rings. The van der Waals surface area contributed by atoms with Gasteiger partial charge in [-0.15, -0.1) is 0 Å². The maximum absolute atomic E-state index is 13.6. The number of benzene rings is 2. The molecule has 0 spiro atoms. The number of rotatable bonds is 8. The molecule has 0 amide bonds. The van der Waals surface area contributed by atoms with Gasteiger partial charge in [-0.1, -0.05) is 18.2 Å². The highest BCUT2D eigenvalue weighted by Crippen LogP contribution is 2.17. The van der Waals surface area contributed by atoms with Crippen molar-refractivity contribution in [2.24, 2.45) is 0 Å². The summed E-state index contributed by atoms with van der Waals surface area (Å²) < 4.78 is 51.8. The smallest absolute Gasteiger partial charge is 0.375 e. The average molecular weight is 391 g/mol. The van der Waals surface area contributed by atoms with Crippen LogP contribution in [0.15, 0.2) is 59.1 Å². The van der Waals surface area contributed by atoms with Crippen LogP contribution < -0.4 is 9.88 Å². The molecule has 0 atom stereocenters. The summed E-state index contributed by atoms with van der Waals surface area (Å²) in [6.07, 6.45) is 4.23. The van der Waals surface area contributed by atoms with E-state index in [4.69, 9.17) is 8.97 Å². The summed E-state index contributed by atoms with van der Waals surface area (Å²) in [6, 6.07) is 13.8. The van der Waals surface area contributed by atoms with Crippen molar-refractivity contribution >= 4 is 33.0 Å². The minimum atomic E-state index is -3.99. The summed E-state index contributed by atoms with van der Waals surface area (Å²) in [6.45, 7) is 0.428. The number of oxazole rings is 1. The van der Waals surface area contributed by atoms with Crippen LogP contribution in [0.2, 0.25) is 0 Å². The van der Waals surface area contributed by atoms with Crippen LogP contribution in [0.1, 0.15) is 18.7 Å². The highest BCUT2D eigenvalue weighted by Gasteiger charge is 2.21. The van der Waals surface area contributed by atoms with E-state index in [1.807, 2.05) is 30.3 Å². The van der Waals surface area contributed by atoms with Crippen LogP contribution >= 0.6 is 0 Å². The maximum atomic E-state index is 13.6. The van der Waals surface area contributed by atoms with Crippen molar-refractivity contribution in [1.29, 1.82) is 0 Å². The first kappa shape index (κ1) is 19.1. The quantitative estimate of drug-likeness (QED) is 0.348. The first-order valence-electron chi connectivity index (χ1n) is 8.47. The molecule has 8 heteroatoms. The molecule has 27 heavy (non-hydrogen) atoms. The third-order valence-corrected chi connectivity index (χ3v) is 4.78. The second kappa shape index (κ2) is 8.32. The summed E-state index contributed by atoms with van der Waals surface area (Å²) in [4.78, 5) is 0. The van der Waals surface area contributed by atoms with Crippen LogP contribution in [-0.2, 0) is 16.7 Å². The highest BCUT2D eigenvalue weighted by molar-refractivity contribution is 7.85. The Morgan fingerprint density at radius 2 is 1.93 bits per heavy atom. The Morgan fingerprint density at radius 1 is 1.15 bits per heavy atom. The number of fused-ring (bicyclic) bond motifs is 1. The number of anilines is 1. The van der Waals surface area contributed by atoms with Gasteiger partial charge in [-0.3, -0.25) is 4.55 Å². The molecule has 0 bridgehead atoms. The monoisotopic (exact) mass is 391 g/mol. The van der Waals surface area contributed by atoms with Gasteiger partial charge in [-0.25, -0.2) is 4.39 Å². The van der Waals surface area contributed by atoms with E-state index in [1.165, 1.54) is 12.1 Å². The Bertz CT molecular complexity index is 1050. The van der Waals surface area contributed by atoms with Crippen LogP contribution in [0.5, 0.6) is 0 Å². The molecule has 0 aliphatic heterocycles. The Hall–Kier alpha value is -2.71. The second-order valence-corrected chi connectivity index (χ2v) is 7.61. The molecule has 0 aliphatic carbocycles. The van der Waals surface area contributed by atoms with Crippen LogP contribution in [0, 0.1) is 5.82 Å². The normalized spacial score (nSPS) is 12.1. The van der Waals surface area contributed by atoms with Gasteiger partial charge in [0.1, 0.15) is 5.82 Å². The summed E-state index contributed by atoms with van der Waals surface area (Å²) in [5.41, 5.74) is 2.03. The van der Waals surface area contributed by atoms with Gasteiger partial charge in [0, 0.05) is 24.4 Å². The lowest BCUT2D eigenvalue weighted by Crippen LogP contribution is -2.35. The van der Waals surface area contributed by atoms with E-state index in [2.05, 4.69) is 5.32 Å². The number of nitrogens with one attached hydrogen (secondary N) is 1. The van der Waals surface area contributed by atoms with E-state index in [1.54, 1.807) is 22.9 Å². The number of aryl methyl sites for hydroxylation is 1. The molecular weight excluding hydrogens is 371 g/mol. The van der Waals surface area contributed by atoms with E-state index in [9.17, 15) is 12.8 Å². The van der Waals surface area contributed by atoms with Crippen molar-refractivity contribution in [3.8, 4) is 0 Å². The predicted octanol–water partition coefficient (Wildman–Crippen LogP) is 3.61. The first-order chi connectivity index (χ1) is 12.9. The fourth-order valence-corrected chi connectivity index (χ4v) is 3.30. The fraction of sp³-hybridized carbons (Fsp3) is 0.211. The van der Waals surface area contributed by atoms with E-state index in [0.29, 0.717) is 36.4 Å². The van der Waals surface area contributed by atoms with E-state index >= 15 is 0 Å². The van der Waals surface area contributed by atoms with Crippen molar-refractivity contribution < 1.29 is 26.3 Å². The summed E-state index contributed by atoms with van der Waals surface area (Å²) >= 11 is 0. The molecule has 2 N–H and O–H groups in total. The molecule has 2 aromatic carbocycles. The molecule has 1 aromatic heterocycles. The molecule has 0 saturated heterocycles. The highest BCUT2D eigenvalue weighted by atomic mass is 32.2. The molecule has 0 radical (unpaired) electrons. The largest absolute Gasteiger partial charge is 0.398 e. The third-order valence-electron chi connectivity index (χ3n) is 3.98. The Labute approximate surface area is 156 Å². The molecule has 0 unspecified atom stereocenters. The maximum Gasteiger partial charge on any atom is 0.375 e. The first-order valence-corrected chi connectivity index (χ1v) is 10.1. The Kier molecular flexibility index (Phi) is 5.88. The van der Waals surface area contributed by atoms with Crippen molar-refractivity contribution in [2.45, 2.75) is 19.4 Å². The zero-order chi connectivity index (χ0) is 19.3. The van der Waals surface area contributed by atoms with Gasteiger partial charge in [-0.2, -0.15) is 13.0 Å². The van der Waals surface area contributed by atoms with Gasteiger partial charge in [0.05, 0.1) is 11.8 Å². The van der Waals surface area contributed by atoms with Crippen molar-refractivity contribution in [2.75, 3.05) is 11.1 Å². The number of para-hydroxylation sites is 1. The summed E-state index contributed by atoms with van der Waals surface area (Å²) in [5, 5.41) is 3.12. The minimum absolute atomic E-state index is 0.291. The van der Waals surface area contributed by atoms with E-state index < -0.39 is 10.1 Å². The van der Waals surface area contributed by atoms with E-state index in [0.717, 1.165) is 5.69 Å². The lowest BCUT2D eigenvalue weighted by Gasteiger charge is -1.98. The Balaban J connectivity index is 1.80. The van der Waals surface area contributed by atoms with Gasteiger partial charge in [0.15, 0.2) is 6.54 Å². The number of hydrogen-bond acceptors (Lipinski definition) is 4. The molecule has 3 rings (SSSR count). The second-order valence-electron chi connectivity index (χ2n) is 6.04. The average Bonchev–Trinajstić information content (AvgIpc) is 2.96. The Morgan fingerprint density at radius 3 is 2.67 bits per heavy atom. The van der Waals surface area contributed by atoms with E-state index in [-0.39, 0.29) is 11.6 Å². The lowest BCUT2D eigenvalue weighted by molar-refractivity contribution is -0.678. The van der Waals surface area contributed by atoms with Gasteiger partial charge in [0.2, 0.25) is 5.58 Å². The number of halogens is 1. The third kappa shape index (κ3) is 5.38. The zero-order valence-electron chi connectivity index (χ0n) is 14.5. The molecular formula is C19H20FN2O4S+. The number of unbranched alkanes of at least 4 members (excludes halogenated alkanes) is 1. The SMILES string of the molecule is O=S(=O)(O)CCCC[n+]1c(/C=C/Nc2ccccc2)oc2ccc(F)cc21. The predicted molar refractivity (Wildman–Crippen MR) is 101 cm³/mol. The van der Waals surface area contributed by atoms with Gasteiger partial charge in [-0.05, 0) is 30.7 Å². The van der Waals surface area contributed by atoms with Crippen molar-refractivity contribution in [1.82, 2.24) is 0 Å². The lowest BCUT2D eigenvalue weighted by atomic mass is 10.3. The number of nitrogens with zero attached hydrogens (tertiary/aromatic N) is 1. The molecule has 0 aliphatic rings. The fourth-order valence-electron chi connectivity index (χ4n) is 2.73. The van der Waals surface area contributed by atoms with Gasteiger partial charge < -0.3 is 9.73 Å². The van der Waals surface area contributed by atoms with Crippen molar-refractivity contribution in [3.63, 3.8) is 0 Å². The minimum Gasteiger partial charge on any atom is -0.398 e. The number of hydrogen-bond donors (Lipinski definition) is 2. The van der Waals surface area contributed by atoms with Crippen LogP contribution in [0.3, 0.4) is 0 Å². The molecule has 142 valence electrons. The molecule has 0 saturated carbocycles. The molecule has 0 fully saturated rings. The van der Waals surface area contributed by atoms with Crippen LogP contribution in [0.25, 0.3) is 17.2 Å². The van der Waals surface area contributed by atoms with Crippen molar-refractivity contribution in [3.05, 3.63) is 66.4 Å². The zero-order valence-corrected chi connectivity index (χ0v) is 15.3. The molecule has 1 heterocycles. The summed E-state index contributed by atoms with van der Waals surface area (Å²) in [5.74, 6) is -0.183.